The second-order valence-electron chi connectivity index (χ2n) is 5.49. The Labute approximate surface area is 127 Å². The number of halogens is 1. The largest absolute Gasteiger partial charge is 0.350 e. The van der Waals surface area contributed by atoms with Crippen molar-refractivity contribution in [1.82, 2.24) is 10.2 Å². The van der Waals surface area contributed by atoms with Crippen LogP contribution in [0.2, 0.25) is 0 Å². The molecule has 2 amide bonds. The third-order valence-corrected chi connectivity index (χ3v) is 4.71. The SMILES string of the molecule is O=C(CSc1ccc(F)cc1)N[C@@H]1CC(=O)N(C2CC2)C1. The molecule has 1 aliphatic heterocycles. The molecule has 112 valence electrons. The fraction of sp³-hybridized carbons (Fsp3) is 0.467. The van der Waals surface area contributed by atoms with Crippen molar-refractivity contribution >= 4 is 23.6 Å². The Morgan fingerprint density at radius 3 is 2.71 bits per heavy atom. The van der Waals surface area contributed by atoms with E-state index >= 15 is 0 Å². The van der Waals surface area contributed by atoms with Gasteiger partial charge in [-0.15, -0.1) is 11.8 Å². The van der Waals surface area contributed by atoms with Crippen LogP contribution in [-0.4, -0.2) is 41.1 Å². The van der Waals surface area contributed by atoms with Gasteiger partial charge < -0.3 is 10.2 Å². The van der Waals surface area contributed by atoms with Crippen molar-refractivity contribution in [3.63, 3.8) is 0 Å². The fourth-order valence-electron chi connectivity index (χ4n) is 2.52. The van der Waals surface area contributed by atoms with Gasteiger partial charge >= 0.3 is 0 Å². The second-order valence-corrected chi connectivity index (χ2v) is 6.54. The molecule has 1 aliphatic carbocycles. The summed E-state index contributed by atoms with van der Waals surface area (Å²) in [6.07, 6.45) is 2.59. The number of carbonyl (C=O) groups is 2. The first kappa shape index (κ1) is 14.4. The van der Waals surface area contributed by atoms with E-state index < -0.39 is 0 Å². The van der Waals surface area contributed by atoms with Crippen molar-refractivity contribution in [3.8, 4) is 0 Å². The summed E-state index contributed by atoms with van der Waals surface area (Å²) in [6.45, 7) is 0.635. The number of thioether (sulfide) groups is 1. The monoisotopic (exact) mass is 308 g/mol. The molecule has 0 aromatic heterocycles. The minimum atomic E-state index is -0.284. The Morgan fingerprint density at radius 1 is 1.33 bits per heavy atom. The zero-order valence-electron chi connectivity index (χ0n) is 11.5. The number of hydrogen-bond donors (Lipinski definition) is 1. The number of nitrogens with one attached hydrogen (secondary N) is 1. The van der Waals surface area contributed by atoms with Gasteiger partial charge in [-0.25, -0.2) is 4.39 Å². The first-order chi connectivity index (χ1) is 10.1. The summed E-state index contributed by atoms with van der Waals surface area (Å²) < 4.78 is 12.8. The van der Waals surface area contributed by atoms with E-state index in [1.807, 2.05) is 4.90 Å². The van der Waals surface area contributed by atoms with E-state index in [-0.39, 0.29) is 29.4 Å². The van der Waals surface area contributed by atoms with Gasteiger partial charge in [-0.2, -0.15) is 0 Å². The molecule has 0 unspecified atom stereocenters. The molecular weight excluding hydrogens is 291 g/mol. The number of amides is 2. The summed E-state index contributed by atoms with van der Waals surface area (Å²) >= 11 is 1.36. The highest BCUT2D eigenvalue weighted by Crippen LogP contribution is 2.30. The van der Waals surface area contributed by atoms with E-state index in [2.05, 4.69) is 5.32 Å². The van der Waals surface area contributed by atoms with Crippen molar-refractivity contribution in [2.75, 3.05) is 12.3 Å². The first-order valence-corrected chi connectivity index (χ1v) is 8.07. The number of benzene rings is 1. The molecule has 1 saturated heterocycles. The average molecular weight is 308 g/mol. The van der Waals surface area contributed by atoms with E-state index in [0.29, 0.717) is 19.0 Å². The lowest BCUT2D eigenvalue weighted by Gasteiger charge is -2.16. The molecule has 1 aromatic rings. The van der Waals surface area contributed by atoms with Crippen LogP contribution in [0.15, 0.2) is 29.2 Å². The van der Waals surface area contributed by atoms with Gasteiger partial charge in [0.25, 0.3) is 0 Å². The lowest BCUT2D eigenvalue weighted by Crippen LogP contribution is -2.38. The lowest BCUT2D eigenvalue weighted by atomic mass is 10.2. The smallest absolute Gasteiger partial charge is 0.230 e. The number of rotatable bonds is 5. The Bertz CT molecular complexity index is 545. The van der Waals surface area contributed by atoms with Crippen molar-refractivity contribution in [1.29, 1.82) is 0 Å². The number of hydrogen-bond acceptors (Lipinski definition) is 3. The van der Waals surface area contributed by atoms with Crippen LogP contribution in [0.25, 0.3) is 0 Å². The van der Waals surface area contributed by atoms with Gasteiger partial charge in [-0.05, 0) is 37.1 Å². The highest BCUT2D eigenvalue weighted by molar-refractivity contribution is 8.00. The van der Waals surface area contributed by atoms with Crippen LogP contribution in [0.1, 0.15) is 19.3 Å². The summed E-state index contributed by atoms with van der Waals surface area (Å²) in [6, 6.07) is 6.40. The van der Waals surface area contributed by atoms with Crippen LogP contribution in [0.5, 0.6) is 0 Å². The molecule has 3 rings (SSSR count). The van der Waals surface area contributed by atoms with Gasteiger partial charge in [-0.1, -0.05) is 0 Å². The van der Waals surface area contributed by atoms with E-state index in [0.717, 1.165) is 17.7 Å². The van der Waals surface area contributed by atoms with Crippen LogP contribution in [0.3, 0.4) is 0 Å². The number of carbonyl (C=O) groups excluding carboxylic acids is 2. The second kappa shape index (κ2) is 6.05. The quantitative estimate of drug-likeness (QED) is 0.844. The van der Waals surface area contributed by atoms with Gasteiger partial charge in [0.05, 0.1) is 11.8 Å². The van der Waals surface area contributed by atoms with Crippen molar-refractivity contribution in [2.24, 2.45) is 0 Å². The maximum Gasteiger partial charge on any atom is 0.230 e. The Kier molecular flexibility index (Phi) is 4.14. The van der Waals surface area contributed by atoms with Crippen molar-refractivity contribution in [2.45, 2.75) is 36.2 Å². The standard InChI is InChI=1S/C15H17FN2O2S/c16-10-1-5-13(6-2-10)21-9-14(19)17-11-7-15(20)18(8-11)12-3-4-12/h1-2,5-6,11-12H,3-4,7-9H2,(H,17,19)/t11-/m1/s1. The van der Waals surface area contributed by atoms with Crippen LogP contribution >= 0.6 is 11.8 Å². The van der Waals surface area contributed by atoms with Gasteiger partial charge in [-0.3, -0.25) is 9.59 Å². The number of nitrogens with zero attached hydrogens (tertiary/aromatic N) is 1. The molecule has 1 atom stereocenters. The molecular formula is C15H17FN2O2S. The Morgan fingerprint density at radius 2 is 2.05 bits per heavy atom. The summed E-state index contributed by atoms with van der Waals surface area (Å²) in [4.78, 5) is 26.4. The van der Waals surface area contributed by atoms with E-state index in [4.69, 9.17) is 0 Å². The summed E-state index contributed by atoms with van der Waals surface area (Å²) in [5.74, 6) is 0.0573. The molecule has 2 fully saturated rings. The van der Waals surface area contributed by atoms with Gasteiger partial charge in [0.2, 0.25) is 11.8 Å². The Hall–Kier alpha value is -1.56. The maximum atomic E-state index is 12.8. The lowest BCUT2D eigenvalue weighted by molar-refractivity contribution is -0.128. The summed E-state index contributed by atoms with van der Waals surface area (Å²) in [5.41, 5.74) is 0. The molecule has 2 aliphatic rings. The molecule has 0 bridgehead atoms. The third kappa shape index (κ3) is 3.75. The predicted molar refractivity (Wildman–Crippen MR) is 78.4 cm³/mol. The summed E-state index contributed by atoms with van der Waals surface area (Å²) in [7, 11) is 0. The highest BCUT2D eigenvalue weighted by atomic mass is 32.2. The zero-order chi connectivity index (χ0) is 14.8. The Balaban J connectivity index is 1.44. The summed E-state index contributed by atoms with van der Waals surface area (Å²) in [5, 5.41) is 2.91. The minimum Gasteiger partial charge on any atom is -0.350 e. The normalized spacial score (nSPS) is 21.7. The van der Waals surface area contributed by atoms with Gasteiger partial charge in [0, 0.05) is 23.9 Å². The van der Waals surface area contributed by atoms with Crippen molar-refractivity contribution < 1.29 is 14.0 Å². The molecule has 1 heterocycles. The topological polar surface area (TPSA) is 49.4 Å². The van der Waals surface area contributed by atoms with E-state index in [9.17, 15) is 14.0 Å². The van der Waals surface area contributed by atoms with Crippen LogP contribution in [-0.2, 0) is 9.59 Å². The first-order valence-electron chi connectivity index (χ1n) is 7.09. The average Bonchev–Trinajstić information content (AvgIpc) is 3.23. The van der Waals surface area contributed by atoms with Crippen LogP contribution in [0.4, 0.5) is 4.39 Å². The van der Waals surface area contributed by atoms with Crippen molar-refractivity contribution in [3.05, 3.63) is 30.1 Å². The molecule has 1 N–H and O–H groups in total. The molecule has 1 aromatic carbocycles. The fourth-order valence-corrected chi connectivity index (χ4v) is 3.23. The molecule has 21 heavy (non-hydrogen) atoms. The molecule has 1 saturated carbocycles. The molecule has 4 nitrogen and oxygen atoms in total. The molecule has 6 heteroatoms. The minimum absolute atomic E-state index is 0.0700. The molecule has 0 spiro atoms. The van der Waals surface area contributed by atoms with E-state index in [1.165, 1.54) is 23.9 Å². The predicted octanol–water partition coefficient (Wildman–Crippen LogP) is 1.80. The highest BCUT2D eigenvalue weighted by Gasteiger charge is 2.39. The van der Waals surface area contributed by atoms with E-state index in [1.54, 1.807) is 12.1 Å². The van der Waals surface area contributed by atoms with Gasteiger partial charge in [0.1, 0.15) is 5.82 Å². The number of likely N-dealkylation sites (tertiary alicyclic amines) is 1. The third-order valence-electron chi connectivity index (χ3n) is 3.69. The zero-order valence-corrected chi connectivity index (χ0v) is 12.4. The van der Waals surface area contributed by atoms with Gasteiger partial charge in [0.15, 0.2) is 0 Å². The van der Waals surface area contributed by atoms with Crippen LogP contribution in [0, 0.1) is 5.82 Å². The molecule has 0 radical (unpaired) electrons. The van der Waals surface area contributed by atoms with Crippen LogP contribution < -0.4 is 5.32 Å². The maximum absolute atomic E-state index is 12.8.